The van der Waals surface area contributed by atoms with Gasteiger partial charge in [0.2, 0.25) is 0 Å². The fourth-order valence-electron chi connectivity index (χ4n) is 3.46. The first-order chi connectivity index (χ1) is 13.1. The lowest BCUT2D eigenvalue weighted by Gasteiger charge is -2.28. The lowest BCUT2D eigenvalue weighted by molar-refractivity contribution is -0.160. The molecule has 28 heavy (non-hydrogen) atoms. The quantitative estimate of drug-likeness (QED) is 0.746. The summed E-state index contributed by atoms with van der Waals surface area (Å²) in [5.74, 6) is -1.50. The Balaban J connectivity index is 1.74. The third-order valence-corrected chi connectivity index (χ3v) is 4.79. The van der Waals surface area contributed by atoms with E-state index >= 15 is 0 Å². The molecule has 2 heterocycles. The predicted octanol–water partition coefficient (Wildman–Crippen LogP) is 1.60. The molecule has 0 radical (unpaired) electrons. The van der Waals surface area contributed by atoms with Crippen molar-refractivity contribution in [2.45, 2.75) is 45.1 Å². The molecule has 0 aromatic heterocycles. The minimum Gasteiger partial charge on any atom is -0.460 e. The molecule has 0 saturated carbocycles. The van der Waals surface area contributed by atoms with E-state index in [1.807, 2.05) is 0 Å². The van der Waals surface area contributed by atoms with Crippen LogP contribution in [0.5, 0.6) is 0 Å². The van der Waals surface area contributed by atoms with E-state index in [9.17, 15) is 14.0 Å². The van der Waals surface area contributed by atoms with Gasteiger partial charge < -0.3 is 25.2 Å². The lowest BCUT2D eigenvalue weighted by atomic mass is 10.1. The molecule has 154 valence electrons. The fraction of sp³-hybridized carbons (Fsp3) is 0.579. The predicted molar refractivity (Wildman–Crippen MR) is 100 cm³/mol. The number of carbonyl (C=O) groups is 2. The van der Waals surface area contributed by atoms with Crippen LogP contribution >= 0.6 is 0 Å². The number of anilines is 2. The van der Waals surface area contributed by atoms with Crippen molar-refractivity contribution >= 4 is 23.4 Å². The Labute approximate surface area is 163 Å². The van der Waals surface area contributed by atoms with Gasteiger partial charge in [0.05, 0.1) is 36.6 Å². The second-order valence-electron chi connectivity index (χ2n) is 8.05. The van der Waals surface area contributed by atoms with Crippen molar-refractivity contribution in [1.82, 2.24) is 0 Å². The van der Waals surface area contributed by atoms with Crippen LogP contribution < -0.4 is 15.5 Å². The molecule has 3 N–H and O–H groups in total. The molecule has 1 aromatic rings. The number of hydrogen-bond donors (Lipinski definition) is 2. The standard InChI is InChI=1S/C19H26FN3O5/c1-19(2,3)28-17(25)13-6-7-22(16(13)21)15-5-4-11(8-14(15)20)23-9-12(10-24)27-18(23)26/h4-5,8,12-13,16,24H,6-7,9-10,21H2,1-3H3/t12-,13?,16-/m1/s1. The molecular weight excluding hydrogens is 369 g/mol. The molecule has 0 aliphatic carbocycles. The van der Waals surface area contributed by atoms with Crippen molar-refractivity contribution < 1.29 is 28.6 Å². The number of ether oxygens (including phenoxy) is 2. The van der Waals surface area contributed by atoms with Crippen LogP contribution in [0.1, 0.15) is 27.2 Å². The van der Waals surface area contributed by atoms with Crippen molar-refractivity contribution in [3.8, 4) is 0 Å². The normalized spacial score (nSPS) is 25.2. The van der Waals surface area contributed by atoms with Crippen molar-refractivity contribution in [2.75, 3.05) is 29.5 Å². The van der Waals surface area contributed by atoms with E-state index in [-0.39, 0.29) is 18.8 Å². The number of amides is 1. The summed E-state index contributed by atoms with van der Waals surface area (Å²) < 4.78 is 25.2. The molecule has 0 bridgehead atoms. The number of aliphatic hydroxyl groups is 1. The summed E-state index contributed by atoms with van der Waals surface area (Å²) in [7, 11) is 0. The van der Waals surface area contributed by atoms with Crippen LogP contribution in [0.15, 0.2) is 18.2 Å². The van der Waals surface area contributed by atoms with Gasteiger partial charge in [0.1, 0.15) is 17.5 Å². The third-order valence-electron chi connectivity index (χ3n) is 4.79. The average Bonchev–Trinajstić information content (AvgIpc) is 3.16. The first-order valence-corrected chi connectivity index (χ1v) is 9.24. The number of aliphatic hydroxyl groups excluding tert-OH is 1. The van der Waals surface area contributed by atoms with Crippen LogP contribution in [-0.4, -0.2) is 54.7 Å². The minimum absolute atomic E-state index is 0.151. The first-order valence-electron chi connectivity index (χ1n) is 9.24. The summed E-state index contributed by atoms with van der Waals surface area (Å²) in [5, 5.41) is 9.12. The highest BCUT2D eigenvalue weighted by molar-refractivity contribution is 5.90. The van der Waals surface area contributed by atoms with Gasteiger partial charge in [-0.25, -0.2) is 9.18 Å². The number of esters is 1. The molecule has 1 aromatic carbocycles. The zero-order valence-electron chi connectivity index (χ0n) is 16.2. The maximum absolute atomic E-state index is 14.8. The highest BCUT2D eigenvalue weighted by atomic mass is 19.1. The highest BCUT2D eigenvalue weighted by Gasteiger charge is 2.40. The summed E-state index contributed by atoms with van der Waals surface area (Å²) in [5.41, 5.74) is 6.18. The molecule has 2 fully saturated rings. The monoisotopic (exact) mass is 395 g/mol. The molecule has 2 aliphatic rings. The number of rotatable bonds is 4. The largest absolute Gasteiger partial charge is 0.460 e. The van der Waals surface area contributed by atoms with Gasteiger partial charge in [0.15, 0.2) is 0 Å². The van der Waals surface area contributed by atoms with Crippen molar-refractivity contribution in [3.05, 3.63) is 24.0 Å². The van der Waals surface area contributed by atoms with E-state index < -0.39 is 41.7 Å². The Hall–Kier alpha value is -2.39. The van der Waals surface area contributed by atoms with Gasteiger partial charge in [-0.3, -0.25) is 9.69 Å². The topological polar surface area (TPSA) is 105 Å². The Morgan fingerprint density at radius 1 is 1.43 bits per heavy atom. The summed E-state index contributed by atoms with van der Waals surface area (Å²) in [4.78, 5) is 27.1. The maximum atomic E-state index is 14.8. The maximum Gasteiger partial charge on any atom is 0.414 e. The number of carbonyl (C=O) groups excluding carboxylic acids is 2. The van der Waals surface area contributed by atoms with Crippen LogP contribution in [0.25, 0.3) is 0 Å². The summed E-state index contributed by atoms with van der Waals surface area (Å²) in [6, 6.07) is 4.35. The molecule has 1 amide bonds. The van der Waals surface area contributed by atoms with E-state index in [0.717, 1.165) is 0 Å². The second-order valence-corrected chi connectivity index (χ2v) is 8.05. The van der Waals surface area contributed by atoms with E-state index in [4.69, 9.17) is 20.3 Å². The Morgan fingerprint density at radius 2 is 2.14 bits per heavy atom. The van der Waals surface area contributed by atoms with Gasteiger partial charge in [-0.05, 0) is 45.4 Å². The number of nitrogens with two attached hydrogens (primary N) is 1. The zero-order valence-corrected chi connectivity index (χ0v) is 16.2. The summed E-state index contributed by atoms with van der Waals surface area (Å²) in [6.07, 6.45) is -1.50. The number of benzene rings is 1. The minimum atomic E-state index is -0.703. The number of hydrogen-bond acceptors (Lipinski definition) is 7. The van der Waals surface area contributed by atoms with E-state index in [2.05, 4.69) is 0 Å². The summed E-state index contributed by atoms with van der Waals surface area (Å²) in [6.45, 7) is 5.62. The number of halogens is 1. The van der Waals surface area contributed by atoms with Gasteiger partial charge in [0, 0.05) is 6.54 Å². The molecule has 8 nitrogen and oxygen atoms in total. The van der Waals surface area contributed by atoms with Crippen LogP contribution in [0.4, 0.5) is 20.6 Å². The average molecular weight is 395 g/mol. The SMILES string of the molecule is CC(C)(C)OC(=O)C1CCN(c2ccc(N3C[C@H](CO)OC3=O)cc2F)[C@H]1N. The van der Waals surface area contributed by atoms with E-state index in [0.29, 0.717) is 18.7 Å². The van der Waals surface area contributed by atoms with E-state index in [1.54, 1.807) is 31.7 Å². The van der Waals surface area contributed by atoms with Crippen molar-refractivity contribution in [1.29, 1.82) is 0 Å². The Bertz CT molecular complexity index is 766. The second kappa shape index (κ2) is 7.56. The molecule has 3 rings (SSSR count). The smallest absolute Gasteiger partial charge is 0.414 e. The molecule has 2 aliphatic heterocycles. The Morgan fingerprint density at radius 3 is 2.71 bits per heavy atom. The molecule has 9 heteroatoms. The van der Waals surface area contributed by atoms with Crippen LogP contribution in [0, 0.1) is 11.7 Å². The van der Waals surface area contributed by atoms with Gasteiger partial charge in [-0.2, -0.15) is 0 Å². The number of nitrogens with zero attached hydrogens (tertiary/aromatic N) is 2. The van der Waals surface area contributed by atoms with Gasteiger partial charge in [-0.15, -0.1) is 0 Å². The van der Waals surface area contributed by atoms with Gasteiger partial charge in [-0.1, -0.05) is 0 Å². The van der Waals surface area contributed by atoms with E-state index in [1.165, 1.54) is 17.0 Å². The molecule has 3 atom stereocenters. The third kappa shape index (κ3) is 4.05. The lowest BCUT2D eigenvalue weighted by Crippen LogP contribution is -2.44. The molecule has 1 unspecified atom stereocenters. The van der Waals surface area contributed by atoms with Crippen LogP contribution in [0.3, 0.4) is 0 Å². The molecule has 0 spiro atoms. The first kappa shape index (κ1) is 20.3. The number of cyclic esters (lactones) is 1. The molecular formula is C19H26FN3O5. The van der Waals surface area contributed by atoms with Crippen molar-refractivity contribution in [3.63, 3.8) is 0 Å². The summed E-state index contributed by atoms with van der Waals surface area (Å²) >= 11 is 0. The fourth-order valence-corrected chi connectivity index (χ4v) is 3.46. The Kier molecular flexibility index (Phi) is 5.49. The van der Waals surface area contributed by atoms with Crippen LogP contribution in [0.2, 0.25) is 0 Å². The highest BCUT2D eigenvalue weighted by Crippen LogP contribution is 2.33. The van der Waals surface area contributed by atoms with Crippen molar-refractivity contribution in [2.24, 2.45) is 11.7 Å². The molecule has 2 saturated heterocycles. The van der Waals surface area contributed by atoms with Gasteiger partial charge in [0.25, 0.3) is 0 Å². The van der Waals surface area contributed by atoms with Gasteiger partial charge >= 0.3 is 12.1 Å². The zero-order chi connectivity index (χ0) is 20.6. The van der Waals surface area contributed by atoms with Crippen LogP contribution in [-0.2, 0) is 14.3 Å².